The van der Waals surface area contributed by atoms with E-state index in [9.17, 15) is 9.59 Å². The molecule has 0 aliphatic carbocycles. The van der Waals surface area contributed by atoms with E-state index < -0.39 is 18.5 Å². The number of benzene rings is 2. The molecule has 0 unspecified atom stereocenters. The van der Waals surface area contributed by atoms with Crippen LogP contribution in [0.25, 0.3) is 5.69 Å². The molecule has 2 aromatic carbocycles. The highest BCUT2D eigenvalue weighted by atomic mass is 16.5. The number of aryl methyl sites for hydroxylation is 3. The summed E-state index contributed by atoms with van der Waals surface area (Å²) in [5.41, 5.74) is 3.98. The minimum atomic E-state index is -0.690. The normalized spacial score (nSPS) is 10.5. The Labute approximate surface area is 157 Å². The van der Waals surface area contributed by atoms with Crippen molar-refractivity contribution in [2.75, 3.05) is 11.9 Å². The second-order valence-corrected chi connectivity index (χ2v) is 6.26. The van der Waals surface area contributed by atoms with E-state index in [1.165, 1.54) is 4.80 Å². The minimum Gasteiger partial charge on any atom is -0.451 e. The van der Waals surface area contributed by atoms with Gasteiger partial charge in [0.15, 0.2) is 12.3 Å². The first-order valence-electron chi connectivity index (χ1n) is 8.47. The largest absolute Gasteiger partial charge is 0.451 e. The molecule has 7 nitrogen and oxygen atoms in total. The number of anilines is 1. The van der Waals surface area contributed by atoms with Gasteiger partial charge < -0.3 is 10.1 Å². The van der Waals surface area contributed by atoms with Gasteiger partial charge >= 0.3 is 5.97 Å². The van der Waals surface area contributed by atoms with E-state index in [1.54, 1.807) is 6.92 Å². The minimum absolute atomic E-state index is 0.0815. The molecule has 0 spiro atoms. The Kier molecular flexibility index (Phi) is 5.30. The van der Waals surface area contributed by atoms with Crippen molar-refractivity contribution in [2.45, 2.75) is 20.8 Å². The van der Waals surface area contributed by atoms with Crippen molar-refractivity contribution in [3.63, 3.8) is 0 Å². The maximum Gasteiger partial charge on any atom is 0.361 e. The summed E-state index contributed by atoms with van der Waals surface area (Å²) in [5, 5.41) is 11.1. The lowest BCUT2D eigenvalue weighted by molar-refractivity contribution is -0.119. The number of nitrogens with zero attached hydrogens (tertiary/aromatic N) is 3. The van der Waals surface area contributed by atoms with Crippen LogP contribution in [0, 0.1) is 20.8 Å². The highest BCUT2D eigenvalue weighted by molar-refractivity contribution is 5.95. The summed E-state index contributed by atoms with van der Waals surface area (Å²) in [5.74, 6) is -1.10. The Morgan fingerprint density at radius 1 is 1.00 bits per heavy atom. The number of hydrogen-bond donors (Lipinski definition) is 1. The van der Waals surface area contributed by atoms with Crippen molar-refractivity contribution in [2.24, 2.45) is 0 Å². The molecule has 138 valence electrons. The number of carbonyl (C=O) groups is 2. The standard InChI is InChI=1S/C20H20N4O3/c1-13-9-14(2)11-16(10-13)21-18(25)12-27-20(26)19-15(3)22-24(23-19)17-7-5-4-6-8-17/h4-11H,12H2,1-3H3,(H,21,25). The predicted molar refractivity (Wildman–Crippen MR) is 101 cm³/mol. The van der Waals surface area contributed by atoms with Crippen LogP contribution in [0.5, 0.6) is 0 Å². The van der Waals surface area contributed by atoms with Crippen LogP contribution in [0.3, 0.4) is 0 Å². The fraction of sp³-hybridized carbons (Fsp3) is 0.200. The van der Waals surface area contributed by atoms with Gasteiger partial charge in [-0.3, -0.25) is 4.79 Å². The van der Waals surface area contributed by atoms with Gasteiger partial charge in [-0.15, -0.1) is 5.10 Å². The monoisotopic (exact) mass is 364 g/mol. The molecule has 0 aliphatic heterocycles. The Bertz CT molecular complexity index is 960. The van der Waals surface area contributed by atoms with Crippen LogP contribution >= 0.6 is 0 Å². The van der Waals surface area contributed by atoms with Crippen LogP contribution in [0.2, 0.25) is 0 Å². The first-order chi connectivity index (χ1) is 12.9. The summed E-state index contributed by atoms with van der Waals surface area (Å²) in [6.07, 6.45) is 0. The van der Waals surface area contributed by atoms with Gasteiger partial charge in [0.25, 0.3) is 5.91 Å². The van der Waals surface area contributed by atoms with E-state index in [2.05, 4.69) is 15.5 Å². The Hall–Kier alpha value is -3.48. The summed E-state index contributed by atoms with van der Waals surface area (Å²) in [4.78, 5) is 25.7. The molecule has 1 N–H and O–H groups in total. The van der Waals surface area contributed by atoms with Gasteiger partial charge in [0.05, 0.1) is 11.4 Å². The Morgan fingerprint density at radius 2 is 1.67 bits per heavy atom. The zero-order valence-corrected chi connectivity index (χ0v) is 15.4. The third kappa shape index (κ3) is 4.58. The van der Waals surface area contributed by atoms with E-state index >= 15 is 0 Å². The third-order valence-electron chi connectivity index (χ3n) is 3.80. The van der Waals surface area contributed by atoms with Crippen LogP contribution in [-0.2, 0) is 9.53 Å². The van der Waals surface area contributed by atoms with Crippen molar-refractivity contribution in [1.82, 2.24) is 15.0 Å². The van der Waals surface area contributed by atoms with Crippen LogP contribution in [0.1, 0.15) is 27.3 Å². The highest BCUT2D eigenvalue weighted by Gasteiger charge is 2.19. The average molecular weight is 364 g/mol. The second-order valence-electron chi connectivity index (χ2n) is 6.26. The maximum absolute atomic E-state index is 12.3. The quantitative estimate of drug-likeness (QED) is 0.704. The van der Waals surface area contributed by atoms with E-state index in [1.807, 2.05) is 62.4 Å². The number of ether oxygens (including phenoxy) is 1. The van der Waals surface area contributed by atoms with Crippen molar-refractivity contribution in [1.29, 1.82) is 0 Å². The van der Waals surface area contributed by atoms with E-state index in [0.29, 0.717) is 11.4 Å². The fourth-order valence-electron chi connectivity index (χ4n) is 2.69. The first-order valence-corrected chi connectivity index (χ1v) is 8.47. The molecule has 1 heterocycles. The van der Waals surface area contributed by atoms with Gasteiger partial charge in [0, 0.05) is 5.69 Å². The molecule has 7 heteroatoms. The molecule has 0 saturated heterocycles. The summed E-state index contributed by atoms with van der Waals surface area (Å²) in [6, 6.07) is 14.9. The number of aromatic nitrogens is 3. The SMILES string of the molecule is Cc1cc(C)cc(NC(=O)COC(=O)c2nn(-c3ccccc3)nc2C)c1. The van der Waals surface area contributed by atoms with E-state index in [4.69, 9.17) is 4.74 Å². The van der Waals surface area contributed by atoms with Crippen molar-refractivity contribution in [3.05, 3.63) is 71.0 Å². The molecule has 3 aromatic rings. The fourth-order valence-corrected chi connectivity index (χ4v) is 2.69. The topological polar surface area (TPSA) is 86.1 Å². The summed E-state index contributed by atoms with van der Waals surface area (Å²) in [7, 11) is 0. The van der Waals surface area contributed by atoms with E-state index in [-0.39, 0.29) is 5.69 Å². The molecule has 3 rings (SSSR count). The number of rotatable bonds is 5. The molecule has 0 radical (unpaired) electrons. The molecule has 1 aromatic heterocycles. The lowest BCUT2D eigenvalue weighted by Gasteiger charge is -2.08. The number of amides is 1. The van der Waals surface area contributed by atoms with Crippen LogP contribution < -0.4 is 5.32 Å². The van der Waals surface area contributed by atoms with Gasteiger partial charge in [-0.2, -0.15) is 9.90 Å². The molecule has 1 amide bonds. The number of hydrogen-bond acceptors (Lipinski definition) is 5. The lowest BCUT2D eigenvalue weighted by Crippen LogP contribution is -2.21. The van der Waals surface area contributed by atoms with Crippen molar-refractivity contribution in [3.8, 4) is 5.69 Å². The third-order valence-corrected chi connectivity index (χ3v) is 3.80. The molecule has 0 aliphatic rings. The van der Waals surface area contributed by atoms with Gasteiger partial charge in [0.1, 0.15) is 0 Å². The van der Waals surface area contributed by atoms with Gasteiger partial charge in [-0.05, 0) is 56.2 Å². The van der Waals surface area contributed by atoms with Gasteiger partial charge in [0.2, 0.25) is 0 Å². The Morgan fingerprint density at radius 3 is 2.33 bits per heavy atom. The van der Waals surface area contributed by atoms with Gasteiger partial charge in [-0.25, -0.2) is 4.79 Å². The molecule has 0 fully saturated rings. The zero-order valence-electron chi connectivity index (χ0n) is 15.4. The summed E-state index contributed by atoms with van der Waals surface area (Å²) < 4.78 is 5.09. The highest BCUT2D eigenvalue weighted by Crippen LogP contribution is 2.14. The predicted octanol–water partition coefficient (Wildman–Crippen LogP) is 2.99. The number of nitrogens with one attached hydrogen (secondary N) is 1. The lowest BCUT2D eigenvalue weighted by atomic mass is 10.1. The zero-order chi connectivity index (χ0) is 19.4. The van der Waals surface area contributed by atoms with E-state index in [0.717, 1.165) is 16.8 Å². The van der Waals surface area contributed by atoms with Crippen LogP contribution in [-0.4, -0.2) is 33.5 Å². The average Bonchev–Trinajstić information content (AvgIpc) is 3.01. The molecule has 0 bridgehead atoms. The first kappa shape index (κ1) is 18.3. The molecule has 27 heavy (non-hydrogen) atoms. The van der Waals surface area contributed by atoms with Crippen molar-refractivity contribution < 1.29 is 14.3 Å². The van der Waals surface area contributed by atoms with Gasteiger partial charge in [-0.1, -0.05) is 24.3 Å². The molecule has 0 atom stereocenters. The van der Waals surface area contributed by atoms with Crippen LogP contribution in [0.4, 0.5) is 5.69 Å². The second kappa shape index (κ2) is 7.82. The summed E-state index contributed by atoms with van der Waals surface area (Å²) >= 11 is 0. The number of para-hydroxylation sites is 1. The van der Waals surface area contributed by atoms with Crippen LogP contribution in [0.15, 0.2) is 48.5 Å². The number of esters is 1. The smallest absolute Gasteiger partial charge is 0.361 e. The van der Waals surface area contributed by atoms with Crippen molar-refractivity contribution >= 4 is 17.6 Å². The molecular formula is C20H20N4O3. The Balaban J connectivity index is 1.62. The molecule has 0 saturated carbocycles. The maximum atomic E-state index is 12.3. The summed E-state index contributed by atoms with van der Waals surface area (Å²) in [6.45, 7) is 5.16. The number of carbonyl (C=O) groups excluding carboxylic acids is 2. The molecular weight excluding hydrogens is 344 g/mol.